The van der Waals surface area contributed by atoms with Crippen LogP contribution in [0, 0.1) is 0 Å². The van der Waals surface area contributed by atoms with E-state index in [0.717, 1.165) is 28.5 Å². The van der Waals surface area contributed by atoms with Crippen LogP contribution < -0.4 is 4.74 Å². The molecule has 2 fully saturated rings. The summed E-state index contributed by atoms with van der Waals surface area (Å²) in [6.45, 7) is 0.497. The van der Waals surface area contributed by atoms with E-state index in [1.807, 2.05) is 24.3 Å². The molecule has 0 radical (unpaired) electrons. The van der Waals surface area contributed by atoms with Crippen molar-refractivity contribution >= 4 is 21.8 Å². The molecule has 0 atom stereocenters. The molecular weight excluding hydrogens is 430 g/mol. The number of carbonyl (C=O) groups is 2. The van der Waals surface area contributed by atoms with E-state index < -0.39 is 21.3 Å². The number of hydrazine groups is 1. The highest BCUT2D eigenvalue weighted by atomic mass is 32.2. The zero-order chi connectivity index (χ0) is 22.9. The van der Waals surface area contributed by atoms with Crippen LogP contribution in [0.5, 0.6) is 5.75 Å². The molecule has 0 spiro atoms. The van der Waals surface area contributed by atoms with Crippen molar-refractivity contribution in [2.45, 2.75) is 29.6 Å². The van der Waals surface area contributed by atoms with Crippen molar-refractivity contribution < 1.29 is 22.7 Å². The number of benzene rings is 2. The first-order chi connectivity index (χ1) is 15.3. The minimum Gasteiger partial charge on any atom is -0.497 e. The second-order valence-corrected chi connectivity index (χ2v) is 10.2. The predicted molar refractivity (Wildman–Crippen MR) is 118 cm³/mol. The summed E-state index contributed by atoms with van der Waals surface area (Å²) in [7, 11) is -0.826. The summed E-state index contributed by atoms with van der Waals surface area (Å²) in [4.78, 5) is 26.6. The van der Waals surface area contributed by atoms with Gasteiger partial charge in [0.05, 0.1) is 24.0 Å². The normalized spacial score (nSPS) is 17.5. The van der Waals surface area contributed by atoms with Crippen molar-refractivity contribution in [3.8, 4) is 5.75 Å². The Balaban J connectivity index is 1.48. The van der Waals surface area contributed by atoms with Crippen molar-refractivity contribution in [1.82, 2.24) is 14.3 Å². The molecule has 2 aromatic rings. The Labute approximate surface area is 188 Å². The van der Waals surface area contributed by atoms with E-state index in [-0.39, 0.29) is 17.3 Å². The zero-order valence-electron chi connectivity index (χ0n) is 18.2. The number of carbonyl (C=O) groups excluding carboxylic acids is 2. The fraction of sp³-hybridized carbons (Fsp3) is 0.391. The molecule has 0 aromatic heterocycles. The quantitative estimate of drug-likeness (QED) is 0.635. The number of hydrogen-bond donors (Lipinski definition) is 0. The molecule has 32 heavy (non-hydrogen) atoms. The van der Waals surface area contributed by atoms with E-state index in [4.69, 9.17) is 4.74 Å². The van der Waals surface area contributed by atoms with Gasteiger partial charge in [-0.25, -0.2) is 8.42 Å². The zero-order valence-corrected chi connectivity index (χ0v) is 19.0. The lowest BCUT2D eigenvalue weighted by Gasteiger charge is -2.32. The Hall–Kier alpha value is -2.91. The highest BCUT2D eigenvalue weighted by Crippen LogP contribution is 2.50. The Morgan fingerprint density at radius 1 is 1.00 bits per heavy atom. The van der Waals surface area contributed by atoms with Crippen LogP contribution in [0.1, 0.15) is 24.8 Å². The van der Waals surface area contributed by atoms with E-state index >= 15 is 0 Å². The van der Waals surface area contributed by atoms with Gasteiger partial charge in [0, 0.05) is 20.1 Å². The van der Waals surface area contributed by atoms with Gasteiger partial charge in [-0.3, -0.25) is 19.6 Å². The van der Waals surface area contributed by atoms with Gasteiger partial charge in [-0.1, -0.05) is 30.3 Å². The van der Waals surface area contributed by atoms with Gasteiger partial charge in [-0.15, -0.1) is 0 Å². The molecule has 1 saturated heterocycles. The molecule has 9 heteroatoms. The van der Waals surface area contributed by atoms with Crippen LogP contribution in [-0.4, -0.2) is 68.3 Å². The number of likely N-dealkylation sites (N-methyl/N-ethyl adjacent to an activating group) is 1. The Morgan fingerprint density at radius 2 is 1.62 bits per heavy atom. The van der Waals surface area contributed by atoms with Crippen LogP contribution in [0.2, 0.25) is 0 Å². The van der Waals surface area contributed by atoms with E-state index in [1.54, 1.807) is 25.3 Å². The average Bonchev–Trinajstić information content (AvgIpc) is 3.48. The van der Waals surface area contributed by atoms with Gasteiger partial charge in [-0.2, -0.15) is 4.31 Å². The van der Waals surface area contributed by atoms with E-state index in [1.165, 1.54) is 29.2 Å². The molecule has 1 aliphatic carbocycles. The number of rotatable bonds is 7. The second-order valence-electron chi connectivity index (χ2n) is 8.18. The molecule has 170 valence electrons. The van der Waals surface area contributed by atoms with Gasteiger partial charge in [0.1, 0.15) is 5.75 Å². The third kappa shape index (κ3) is 3.98. The smallest absolute Gasteiger partial charge is 0.256 e. The first-order valence-electron chi connectivity index (χ1n) is 10.6. The van der Waals surface area contributed by atoms with Crippen molar-refractivity contribution in [1.29, 1.82) is 0 Å². The molecule has 2 aliphatic rings. The highest BCUT2D eigenvalue weighted by Gasteiger charge is 2.55. The Morgan fingerprint density at radius 3 is 2.22 bits per heavy atom. The van der Waals surface area contributed by atoms with Crippen molar-refractivity contribution in [3.05, 3.63) is 60.2 Å². The molecule has 2 aromatic carbocycles. The third-order valence-electron chi connectivity index (χ3n) is 6.16. The van der Waals surface area contributed by atoms with Gasteiger partial charge in [0.25, 0.3) is 11.8 Å². The Bertz CT molecular complexity index is 1100. The number of sulfonamides is 1. The number of amides is 2. The van der Waals surface area contributed by atoms with Gasteiger partial charge < -0.3 is 4.74 Å². The summed E-state index contributed by atoms with van der Waals surface area (Å²) in [6, 6.07) is 15.4. The lowest BCUT2D eigenvalue weighted by Crippen LogP contribution is -2.51. The van der Waals surface area contributed by atoms with Crippen molar-refractivity contribution in [2.75, 3.05) is 33.8 Å². The van der Waals surface area contributed by atoms with Crippen molar-refractivity contribution in [3.63, 3.8) is 0 Å². The Kier molecular flexibility index (Phi) is 5.96. The fourth-order valence-corrected chi connectivity index (χ4v) is 5.26. The van der Waals surface area contributed by atoms with Crippen LogP contribution >= 0.6 is 0 Å². The molecule has 2 amide bonds. The molecule has 0 N–H and O–H groups in total. The number of nitrogens with zero attached hydrogens (tertiary/aromatic N) is 3. The standard InChI is InChI=1S/C23H27N3O5S/c1-24(32(29,30)20-7-4-3-5-8-20)17-21(27)25-15-6-16-26(25)22(28)23(13-14-23)18-9-11-19(31-2)12-10-18/h3-5,7-12H,6,13-17H2,1-2H3. The fourth-order valence-electron chi connectivity index (χ4n) is 4.12. The van der Waals surface area contributed by atoms with Crippen LogP contribution in [0.15, 0.2) is 59.5 Å². The summed E-state index contributed by atoms with van der Waals surface area (Å²) in [5, 5.41) is 2.91. The summed E-state index contributed by atoms with van der Waals surface area (Å²) >= 11 is 0. The monoisotopic (exact) mass is 457 g/mol. The molecule has 0 unspecified atom stereocenters. The lowest BCUT2D eigenvalue weighted by atomic mass is 9.94. The molecule has 1 heterocycles. The average molecular weight is 458 g/mol. The van der Waals surface area contributed by atoms with Crippen LogP contribution in [0.25, 0.3) is 0 Å². The number of hydrogen-bond acceptors (Lipinski definition) is 5. The molecule has 8 nitrogen and oxygen atoms in total. The van der Waals surface area contributed by atoms with Crippen LogP contribution in [-0.2, 0) is 25.0 Å². The number of methoxy groups -OCH3 is 1. The molecular formula is C23H27N3O5S. The summed E-state index contributed by atoms with van der Waals surface area (Å²) < 4.78 is 31.8. The molecule has 0 bridgehead atoms. The SMILES string of the molecule is COc1ccc(C2(C(=O)N3CCCN3C(=O)CN(C)S(=O)(=O)c3ccccc3)CC2)cc1. The number of ether oxygens (including phenoxy) is 1. The first-order valence-corrected chi connectivity index (χ1v) is 12.0. The van der Waals surface area contributed by atoms with Crippen LogP contribution in [0.4, 0.5) is 0 Å². The summed E-state index contributed by atoms with van der Waals surface area (Å²) in [6.07, 6.45) is 2.10. The maximum absolute atomic E-state index is 13.5. The van der Waals surface area contributed by atoms with E-state index in [2.05, 4.69) is 0 Å². The first kappa shape index (κ1) is 22.3. The predicted octanol–water partition coefficient (Wildman–Crippen LogP) is 2.02. The van der Waals surface area contributed by atoms with Gasteiger partial charge in [-0.05, 0) is 49.1 Å². The second kappa shape index (κ2) is 8.55. The third-order valence-corrected chi connectivity index (χ3v) is 7.98. The van der Waals surface area contributed by atoms with E-state index in [0.29, 0.717) is 19.5 Å². The molecule has 4 rings (SSSR count). The molecule has 1 aliphatic heterocycles. The van der Waals surface area contributed by atoms with Crippen LogP contribution in [0.3, 0.4) is 0 Å². The minimum atomic E-state index is -3.80. The molecule has 1 saturated carbocycles. The maximum Gasteiger partial charge on any atom is 0.256 e. The van der Waals surface area contributed by atoms with Gasteiger partial charge >= 0.3 is 0 Å². The van der Waals surface area contributed by atoms with E-state index in [9.17, 15) is 18.0 Å². The topological polar surface area (TPSA) is 87.2 Å². The van der Waals surface area contributed by atoms with Crippen molar-refractivity contribution in [2.24, 2.45) is 0 Å². The minimum absolute atomic E-state index is 0.109. The summed E-state index contributed by atoms with van der Waals surface area (Å²) in [5.74, 6) is 0.197. The highest BCUT2D eigenvalue weighted by molar-refractivity contribution is 7.89. The van der Waals surface area contributed by atoms with Gasteiger partial charge in [0.15, 0.2) is 0 Å². The largest absolute Gasteiger partial charge is 0.497 e. The summed E-state index contributed by atoms with van der Waals surface area (Å²) in [5.41, 5.74) is 0.281. The van der Waals surface area contributed by atoms with Gasteiger partial charge in [0.2, 0.25) is 10.0 Å². The maximum atomic E-state index is 13.5. The lowest BCUT2D eigenvalue weighted by molar-refractivity contribution is -0.159.